The molecule has 0 radical (unpaired) electrons. The molecule has 1 fully saturated rings. The van der Waals surface area contributed by atoms with Gasteiger partial charge in [0.05, 0.1) is 29.9 Å². The van der Waals surface area contributed by atoms with Gasteiger partial charge in [0.1, 0.15) is 0 Å². The number of imide groups is 1. The van der Waals surface area contributed by atoms with Crippen molar-refractivity contribution in [2.75, 3.05) is 32.8 Å². The molecule has 2 aliphatic heterocycles. The molecule has 1 N–H and O–H groups in total. The molecule has 1 aliphatic carbocycles. The first kappa shape index (κ1) is 18.1. The van der Waals surface area contributed by atoms with E-state index >= 15 is 0 Å². The minimum absolute atomic E-state index is 0.223. The summed E-state index contributed by atoms with van der Waals surface area (Å²) in [5.74, 6) is -0.467. The van der Waals surface area contributed by atoms with Crippen molar-refractivity contribution in [3.63, 3.8) is 0 Å². The molecule has 3 aliphatic rings. The minimum Gasteiger partial charge on any atom is -0.379 e. The summed E-state index contributed by atoms with van der Waals surface area (Å²) in [5, 5.41) is 4.61. The molecule has 30 heavy (non-hydrogen) atoms. The Kier molecular flexibility index (Phi) is 4.18. The average Bonchev–Trinajstić information content (AvgIpc) is 3.44. The summed E-state index contributed by atoms with van der Waals surface area (Å²) in [6.07, 6.45) is 3.94. The molecule has 154 valence electrons. The fraction of sp³-hybridized carbons (Fsp3) is 0.417. The molecule has 1 saturated heterocycles. The summed E-state index contributed by atoms with van der Waals surface area (Å²) in [4.78, 5) is 27.9. The lowest BCUT2D eigenvalue weighted by Crippen LogP contribution is -2.37. The first-order valence-corrected chi connectivity index (χ1v) is 11.0. The fourth-order valence-corrected chi connectivity index (χ4v) is 5.64. The molecule has 2 aromatic carbocycles. The molecule has 0 atom stereocenters. The number of amides is 2. The molecule has 1 aromatic heterocycles. The standard InChI is InChI=1S/C24H25N3O3/c28-23-20-15-6-3-7-16(15)22-19(21(20)24(29)25-23)17-5-1-2-8-18(17)27(22)10-4-9-26-11-13-30-14-12-26/h1-2,5,8H,3-4,6-7,9-14H2,(H,25,28,29). The summed E-state index contributed by atoms with van der Waals surface area (Å²) in [7, 11) is 0. The van der Waals surface area contributed by atoms with Gasteiger partial charge >= 0.3 is 0 Å². The molecule has 0 spiro atoms. The molecule has 6 heteroatoms. The molecule has 0 saturated carbocycles. The molecule has 0 bridgehead atoms. The Morgan fingerprint density at radius 2 is 1.70 bits per heavy atom. The Hall–Kier alpha value is -2.70. The van der Waals surface area contributed by atoms with Gasteiger partial charge in [0.25, 0.3) is 11.8 Å². The number of nitrogens with one attached hydrogen (secondary N) is 1. The van der Waals surface area contributed by atoms with Crippen molar-refractivity contribution in [2.24, 2.45) is 0 Å². The van der Waals surface area contributed by atoms with Crippen molar-refractivity contribution in [1.82, 2.24) is 14.8 Å². The van der Waals surface area contributed by atoms with Crippen molar-refractivity contribution < 1.29 is 14.3 Å². The third-order valence-electron chi connectivity index (χ3n) is 6.92. The van der Waals surface area contributed by atoms with E-state index in [1.165, 1.54) is 11.1 Å². The molecular weight excluding hydrogens is 378 g/mol. The van der Waals surface area contributed by atoms with Gasteiger partial charge in [-0.1, -0.05) is 18.2 Å². The lowest BCUT2D eigenvalue weighted by atomic mass is 9.93. The van der Waals surface area contributed by atoms with Gasteiger partial charge in [-0.25, -0.2) is 0 Å². The second-order valence-corrected chi connectivity index (χ2v) is 8.54. The maximum atomic E-state index is 12.8. The van der Waals surface area contributed by atoms with Crippen LogP contribution in [0, 0.1) is 0 Å². The van der Waals surface area contributed by atoms with Crippen molar-refractivity contribution in [1.29, 1.82) is 0 Å². The quantitative estimate of drug-likeness (QED) is 0.681. The predicted molar refractivity (Wildman–Crippen MR) is 115 cm³/mol. The smallest absolute Gasteiger partial charge is 0.259 e. The number of hydrogen-bond donors (Lipinski definition) is 1. The van der Waals surface area contributed by atoms with Gasteiger partial charge in [-0.05, 0) is 42.9 Å². The average molecular weight is 403 g/mol. The Labute approximate surface area is 174 Å². The van der Waals surface area contributed by atoms with Crippen LogP contribution < -0.4 is 5.32 Å². The van der Waals surface area contributed by atoms with Gasteiger partial charge in [-0.2, -0.15) is 0 Å². The highest BCUT2D eigenvalue weighted by Gasteiger charge is 2.37. The van der Waals surface area contributed by atoms with E-state index in [1.54, 1.807) is 0 Å². The molecule has 6 rings (SSSR count). The summed E-state index contributed by atoms with van der Waals surface area (Å²) in [6, 6.07) is 8.32. The van der Waals surface area contributed by atoms with Crippen molar-refractivity contribution in [2.45, 2.75) is 32.2 Å². The van der Waals surface area contributed by atoms with Crippen LogP contribution in [0.25, 0.3) is 21.8 Å². The van der Waals surface area contributed by atoms with Crippen LogP contribution in [0.1, 0.15) is 44.7 Å². The zero-order valence-corrected chi connectivity index (χ0v) is 17.0. The molecule has 6 nitrogen and oxygen atoms in total. The Balaban J connectivity index is 1.52. The van der Waals surface area contributed by atoms with Gasteiger partial charge in [0, 0.05) is 42.5 Å². The van der Waals surface area contributed by atoms with E-state index in [0.29, 0.717) is 11.1 Å². The number of aryl methyl sites for hydroxylation is 2. The summed E-state index contributed by atoms with van der Waals surface area (Å²) < 4.78 is 7.88. The van der Waals surface area contributed by atoms with Crippen molar-refractivity contribution in [3.8, 4) is 0 Å². The van der Waals surface area contributed by atoms with E-state index in [4.69, 9.17) is 4.74 Å². The van der Waals surface area contributed by atoms with Crippen LogP contribution in [0.5, 0.6) is 0 Å². The zero-order chi connectivity index (χ0) is 20.2. The molecule has 3 aromatic rings. The molecule has 2 amide bonds. The third-order valence-corrected chi connectivity index (χ3v) is 6.92. The SMILES string of the molecule is O=C1NC(=O)c2c1c1c(c3c2c2ccccc2n3CCCN2CCOCC2)CCC1. The minimum atomic E-state index is -0.245. The Morgan fingerprint density at radius 1 is 0.933 bits per heavy atom. The topological polar surface area (TPSA) is 63.6 Å². The number of hydrogen-bond acceptors (Lipinski definition) is 4. The van der Waals surface area contributed by atoms with Gasteiger partial charge in [-0.3, -0.25) is 19.8 Å². The number of para-hydroxylation sites is 1. The highest BCUT2D eigenvalue weighted by atomic mass is 16.5. The van der Waals surface area contributed by atoms with Crippen molar-refractivity contribution in [3.05, 3.63) is 46.5 Å². The normalized spacial score (nSPS) is 18.9. The van der Waals surface area contributed by atoms with E-state index in [1.807, 2.05) is 6.07 Å². The summed E-state index contributed by atoms with van der Waals surface area (Å²) >= 11 is 0. The van der Waals surface area contributed by atoms with Gasteiger partial charge in [0.15, 0.2) is 0 Å². The van der Waals surface area contributed by atoms with Crippen LogP contribution in [-0.4, -0.2) is 54.1 Å². The number of nitrogens with zero attached hydrogens (tertiary/aromatic N) is 2. The van der Waals surface area contributed by atoms with Crippen molar-refractivity contribution >= 4 is 33.6 Å². The van der Waals surface area contributed by atoms with Crippen LogP contribution in [0.15, 0.2) is 24.3 Å². The van der Waals surface area contributed by atoms with E-state index in [2.05, 4.69) is 33.0 Å². The number of carbonyl (C=O) groups is 2. The van der Waals surface area contributed by atoms with Gasteiger partial charge < -0.3 is 9.30 Å². The van der Waals surface area contributed by atoms with Crippen LogP contribution in [0.2, 0.25) is 0 Å². The predicted octanol–water partition coefficient (Wildman–Crippen LogP) is 2.89. The van der Waals surface area contributed by atoms with E-state index in [0.717, 1.165) is 86.9 Å². The highest BCUT2D eigenvalue weighted by molar-refractivity contribution is 6.31. The van der Waals surface area contributed by atoms with E-state index in [-0.39, 0.29) is 11.8 Å². The van der Waals surface area contributed by atoms with Crippen LogP contribution >= 0.6 is 0 Å². The first-order chi connectivity index (χ1) is 14.7. The summed E-state index contributed by atoms with van der Waals surface area (Å²) in [5.41, 5.74) is 5.93. The number of benzene rings is 2. The lowest BCUT2D eigenvalue weighted by Gasteiger charge is -2.26. The zero-order valence-electron chi connectivity index (χ0n) is 17.0. The largest absolute Gasteiger partial charge is 0.379 e. The fourth-order valence-electron chi connectivity index (χ4n) is 5.64. The van der Waals surface area contributed by atoms with Gasteiger partial charge in [-0.15, -0.1) is 0 Å². The second kappa shape index (κ2) is 6.93. The number of fused-ring (bicyclic) bond motifs is 8. The number of aromatic nitrogens is 1. The first-order valence-electron chi connectivity index (χ1n) is 11.0. The molecular formula is C24H25N3O3. The van der Waals surface area contributed by atoms with Crippen LogP contribution in [-0.2, 0) is 24.1 Å². The molecule has 3 heterocycles. The third kappa shape index (κ3) is 2.57. The highest BCUT2D eigenvalue weighted by Crippen LogP contribution is 2.42. The summed E-state index contributed by atoms with van der Waals surface area (Å²) in [6.45, 7) is 5.58. The Bertz CT molecular complexity index is 1200. The van der Waals surface area contributed by atoms with Crippen LogP contribution in [0.4, 0.5) is 0 Å². The van der Waals surface area contributed by atoms with Crippen LogP contribution in [0.3, 0.4) is 0 Å². The lowest BCUT2D eigenvalue weighted by molar-refractivity contribution is 0.0370. The monoisotopic (exact) mass is 403 g/mol. The van der Waals surface area contributed by atoms with E-state index < -0.39 is 0 Å². The van der Waals surface area contributed by atoms with Gasteiger partial charge in [0.2, 0.25) is 0 Å². The molecule has 0 unspecified atom stereocenters. The number of rotatable bonds is 4. The van der Waals surface area contributed by atoms with E-state index in [9.17, 15) is 9.59 Å². The maximum Gasteiger partial charge on any atom is 0.259 e. The number of carbonyl (C=O) groups excluding carboxylic acids is 2. The number of ether oxygens (including phenoxy) is 1. The maximum absolute atomic E-state index is 12.8. The second-order valence-electron chi connectivity index (χ2n) is 8.54. The number of morpholine rings is 1. The Morgan fingerprint density at radius 3 is 2.57 bits per heavy atom.